The molecule has 0 fully saturated rings. The maximum absolute atomic E-state index is 11.0. The van der Waals surface area contributed by atoms with E-state index in [0.29, 0.717) is 10.8 Å². The highest BCUT2D eigenvalue weighted by molar-refractivity contribution is 7.98. The van der Waals surface area contributed by atoms with Gasteiger partial charge in [0.25, 0.3) is 0 Å². The van der Waals surface area contributed by atoms with Crippen molar-refractivity contribution in [1.29, 1.82) is 0 Å². The number of pyridine rings is 1. The topological polar surface area (TPSA) is 70.4 Å². The van der Waals surface area contributed by atoms with Crippen molar-refractivity contribution in [2.45, 2.75) is 17.4 Å². The molecule has 0 unspecified atom stereocenters. The molecule has 4 nitrogen and oxygen atoms in total. The van der Waals surface area contributed by atoms with E-state index in [2.05, 4.69) is 4.98 Å². The number of carboxylic acid groups (broad SMARTS) is 1. The number of thioether (sulfide) groups is 1. The fourth-order valence-electron chi connectivity index (χ4n) is 1.56. The van der Waals surface area contributed by atoms with E-state index in [-0.39, 0.29) is 12.2 Å². The Morgan fingerprint density at radius 1 is 1.16 bits per heavy atom. The number of aliphatic hydroxyl groups excluding tert-OH is 1. The summed E-state index contributed by atoms with van der Waals surface area (Å²) in [5.41, 5.74) is 2.14. The van der Waals surface area contributed by atoms with Crippen molar-refractivity contribution in [1.82, 2.24) is 4.98 Å². The van der Waals surface area contributed by atoms with Crippen LogP contribution in [0, 0.1) is 0 Å². The van der Waals surface area contributed by atoms with Gasteiger partial charge in [0.05, 0.1) is 12.2 Å². The summed E-state index contributed by atoms with van der Waals surface area (Å²) in [5, 5.41) is 18.5. The van der Waals surface area contributed by atoms with Gasteiger partial charge in [-0.1, -0.05) is 24.3 Å². The lowest BCUT2D eigenvalue weighted by atomic mass is 10.2. The molecule has 1 aromatic heterocycles. The van der Waals surface area contributed by atoms with Gasteiger partial charge in [0.1, 0.15) is 5.03 Å². The van der Waals surface area contributed by atoms with Crippen LogP contribution in [0.5, 0.6) is 0 Å². The molecule has 0 atom stereocenters. The molecule has 0 saturated heterocycles. The highest BCUT2D eigenvalue weighted by Crippen LogP contribution is 2.24. The molecule has 1 aromatic carbocycles. The van der Waals surface area contributed by atoms with Crippen LogP contribution in [0.4, 0.5) is 0 Å². The minimum Gasteiger partial charge on any atom is -0.478 e. The Balaban J connectivity index is 2.07. The highest BCUT2D eigenvalue weighted by Gasteiger charge is 2.10. The van der Waals surface area contributed by atoms with E-state index < -0.39 is 5.97 Å². The normalized spacial score (nSPS) is 10.4. The fraction of sp³-hybridized carbons (Fsp3) is 0.143. The van der Waals surface area contributed by atoms with Crippen LogP contribution in [0.3, 0.4) is 0 Å². The summed E-state index contributed by atoms with van der Waals surface area (Å²) in [6.07, 6.45) is 1.59. The van der Waals surface area contributed by atoms with E-state index in [0.717, 1.165) is 11.1 Å². The monoisotopic (exact) mass is 275 g/mol. The summed E-state index contributed by atoms with van der Waals surface area (Å²) in [4.78, 5) is 15.1. The fourth-order valence-corrected chi connectivity index (χ4v) is 2.50. The Morgan fingerprint density at radius 3 is 2.47 bits per heavy atom. The summed E-state index contributed by atoms with van der Waals surface area (Å²) in [6.45, 7) is 0.0246. The van der Waals surface area contributed by atoms with E-state index in [1.807, 2.05) is 24.3 Å². The van der Waals surface area contributed by atoms with Crippen molar-refractivity contribution >= 4 is 17.7 Å². The number of nitrogens with zero attached hydrogens (tertiary/aromatic N) is 1. The molecule has 19 heavy (non-hydrogen) atoms. The van der Waals surface area contributed by atoms with Crippen molar-refractivity contribution in [3.63, 3.8) is 0 Å². The Kier molecular flexibility index (Phi) is 4.54. The third-order valence-corrected chi connectivity index (χ3v) is 3.66. The number of aliphatic hydroxyl groups is 1. The number of aromatic nitrogens is 1. The van der Waals surface area contributed by atoms with Gasteiger partial charge in [-0.2, -0.15) is 0 Å². The second-order valence-corrected chi connectivity index (χ2v) is 4.89. The molecule has 0 aliphatic heterocycles. The number of hydrogen-bond donors (Lipinski definition) is 2. The summed E-state index contributed by atoms with van der Waals surface area (Å²) >= 11 is 1.39. The molecule has 0 bridgehead atoms. The van der Waals surface area contributed by atoms with E-state index in [1.165, 1.54) is 11.8 Å². The summed E-state index contributed by atoms with van der Waals surface area (Å²) in [6, 6.07) is 10.7. The summed E-state index contributed by atoms with van der Waals surface area (Å²) in [7, 11) is 0. The Morgan fingerprint density at radius 2 is 1.84 bits per heavy atom. The average Bonchev–Trinajstić information content (AvgIpc) is 2.46. The first-order chi connectivity index (χ1) is 9.20. The number of hydrogen-bond acceptors (Lipinski definition) is 4. The predicted molar refractivity (Wildman–Crippen MR) is 73.1 cm³/mol. The van der Waals surface area contributed by atoms with E-state index in [1.54, 1.807) is 18.3 Å². The molecular formula is C14H13NO3S. The average molecular weight is 275 g/mol. The van der Waals surface area contributed by atoms with Gasteiger partial charge in [0, 0.05) is 11.9 Å². The molecule has 0 saturated carbocycles. The van der Waals surface area contributed by atoms with Crippen LogP contribution in [0.25, 0.3) is 0 Å². The van der Waals surface area contributed by atoms with Crippen LogP contribution in [0.1, 0.15) is 21.5 Å². The first-order valence-corrected chi connectivity index (χ1v) is 6.69. The zero-order valence-corrected chi connectivity index (χ0v) is 10.9. The number of carbonyl (C=O) groups is 1. The van der Waals surface area contributed by atoms with Crippen LogP contribution < -0.4 is 0 Å². The first-order valence-electron chi connectivity index (χ1n) is 5.70. The van der Waals surface area contributed by atoms with Crippen LogP contribution >= 0.6 is 11.8 Å². The Labute approximate surface area is 115 Å². The van der Waals surface area contributed by atoms with Crippen LogP contribution in [-0.2, 0) is 12.4 Å². The number of rotatable bonds is 5. The minimum atomic E-state index is -0.966. The van der Waals surface area contributed by atoms with Crippen molar-refractivity contribution in [2.75, 3.05) is 0 Å². The van der Waals surface area contributed by atoms with Gasteiger partial charge >= 0.3 is 5.97 Å². The molecular weight excluding hydrogens is 262 g/mol. The third kappa shape index (κ3) is 3.56. The first kappa shape index (κ1) is 13.6. The van der Waals surface area contributed by atoms with E-state index in [4.69, 9.17) is 10.2 Å². The highest BCUT2D eigenvalue weighted by atomic mass is 32.2. The zero-order chi connectivity index (χ0) is 13.7. The molecule has 0 aliphatic rings. The smallest absolute Gasteiger partial charge is 0.338 e. The Bertz CT molecular complexity index is 569. The SMILES string of the molecule is O=C(O)c1cccnc1SCc1ccc(CO)cc1. The molecule has 2 aromatic rings. The number of benzene rings is 1. The molecule has 2 N–H and O–H groups in total. The van der Waals surface area contributed by atoms with Gasteiger partial charge in [-0.05, 0) is 23.3 Å². The molecule has 1 heterocycles. The predicted octanol–water partition coefficient (Wildman–Crippen LogP) is 2.56. The van der Waals surface area contributed by atoms with Crippen LogP contribution in [-0.4, -0.2) is 21.2 Å². The summed E-state index contributed by atoms with van der Waals surface area (Å²) < 4.78 is 0. The molecule has 2 rings (SSSR count). The van der Waals surface area contributed by atoms with Gasteiger partial charge in [-0.25, -0.2) is 9.78 Å². The van der Waals surface area contributed by atoms with Crippen molar-refractivity contribution in [3.8, 4) is 0 Å². The minimum absolute atomic E-state index is 0.0246. The standard InChI is InChI=1S/C14H13NO3S/c16-8-10-3-5-11(6-4-10)9-19-13-12(14(17)18)2-1-7-15-13/h1-7,16H,8-9H2,(H,17,18). The van der Waals surface area contributed by atoms with Gasteiger partial charge in [-0.3, -0.25) is 0 Å². The van der Waals surface area contributed by atoms with E-state index in [9.17, 15) is 4.79 Å². The summed E-state index contributed by atoms with van der Waals surface area (Å²) in [5.74, 6) is -0.325. The lowest BCUT2D eigenvalue weighted by Crippen LogP contribution is -2.00. The maximum atomic E-state index is 11.0. The van der Waals surface area contributed by atoms with Crippen LogP contribution in [0.15, 0.2) is 47.6 Å². The molecule has 98 valence electrons. The molecule has 0 spiro atoms. The maximum Gasteiger partial charge on any atom is 0.338 e. The largest absolute Gasteiger partial charge is 0.478 e. The van der Waals surface area contributed by atoms with Crippen molar-refractivity contribution in [3.05, 3.63) is 59.3 Å². The quantitative estimate of drug-likeness (QED) is 0.821. The van der Waals surface area contributed by atoms with Gasteiger partial charge in [0.2, 0.25) is 0 Å². The lowest BCUT2D eigenvalue weighted by molar-refractivity contribution is 0.0692. The molecule has 0 aliphatic carbocycles. The van der Waals surface area contributed by atoms with Gasteiger partial charge < -0.3 is 10.2 Å². The third-order valence-electron chi connectivity index (χ3n) is 2.58. The second kappa shape index (κ2) is 6.36. The number of aromatic carboxylic acids is 1. The van der Waals surface area contributed by atoms with Gasteiger partial charge in [0.15, 0.2) is 0 Å². The van der Waals surface area contributed by atoms with Crippen molar-refractivity contribution < 1.29 is 15.0 Å². The molecule has 0 radical (unpaired) electrons. The van der Waals surface area contributed by atoms with Crippen molar-refractivity contribution in [2.24, 2.45) is 0 Å². The second-order valence-electron chi connectivity index (χ2n) is 3.92. The van der Waals surface area contributed by atoms with Crippen LogP contribution in [0.2, 0.25) is 0 Å². The van der Waals surface area contributed by atoms with E-state index >= 15 is 0 Å². The molecule has 0 amide bonds. The lowest BCUT2D eigenvalue weighted by Gasteiger charge is -2.05. The Hall–Kier alpha value is -1.85. The van der Waals surface area contributed by atoms with Gasteiger partial charge in [-0.15, -0.1) is 11.8 Å². The number of carboxylic acids is 1. The zero-order valence-electron chi connectivity index (χ0n) is 10.1. The molecule has 5 heteroatoms.